The first kappa shape index (κ1) is 11.5. The predicted molar refractivity (Wildman–Crippen MR) is 66.2 cm³/mol. The summed E-state index contributed by atoms with van der Waals surface area (Å²) >= 11 is 0. The van der Waals surface area contributed by atoms with Crippen molar-refractivity contribution in [3.05, 3.63) is 12.5 Å². The largest absolute Gasteiger partial charge is 0.382 e. The Morgan fingerprint density at radius 2 is 2.25 bits per heavy atom. The maximum atomic E-state index is 5.64. The fourth-order valence-electron chi connectivity index (χ4n) is 2.42. The van der Waals surface area contributed by atoms with E-state index in [4.69, 9.17) is 5.73 Å². The first-order chi connectivity index (χ1) is 7.44. The molecule has 0 aromatic carbocycles. The highest BCUT2D eigenvalue weighted by Crippen LogP contribution is 2.25. The van der Waals surface area contributed by atoms with Crippen LogP contribution in [0.15, 0.2) is 12.5 Å². The molecule has 1 aliphatic rings. The molecule has 0 amide bonds. The maximum absolute atomic E-state index is 5.64. The summed E-state index contributed by atoms with van der Waals surface area (Å²) in [5, 5.41) is 0. The van der Waals surface area contributed by atoms with Gasteiger partial charge in [0.25, 0.3) is 0 Å². The van der Waals surface area contributed by atoms with E-state index in [0.717, 1.165) is 13.1 Å². The van der Waals surface area contributed by atoms with E-state index in [-0.39, 0.29) is 0 Å². The Morgan fingerprint density at radius 3 is 2.81 bits per heavy atom. The Morgan fingerprint density at radius 1 is 1.50 bits per heavy atom. The molecule has 2 rings (SSSR count). The van der Waals surface area contributed by atoms with Crippen molar-refractivity contribution in [1.82, 2.24) is 14.5 Å². The Kier molecular flexibility index (Phi) is 2.93. The van der Waals surface area contributed by atoms with Crippen molar-refractivity contribution < 1.29 is 0 Å². The molecule has 1 aliphatic heterocycles. The highest BCUT2D eigenvalue weighted by molar-refractivity contribution is 5.23. The SMILES string of the molecule is CC(C)(C)CN1CCC(n2cnc(N)c2)C1. The number of nitrogen functional groups attached to an aromatic ring is 1. The molecular weight excluding hydrogens is 200 g/mol. The zero-order valence-corrected chi connectivity index (χ0v) is 10.5. The van der Waals surface area contributed by atoms with Crippen molar-refractivity contribution in [3.8, 4) is 0 Å². The smallest absolute Gasteiger partial charge is 0.141 e. The van der Waals surface area contributed by atoms with Gasteiger partial charge >= 0.3 is 0 Å². The molecule has 16 heavy (non-hydrogen) atoms. The van der Waals surface area contributed by atoms with Gasteiger partial charge in [0, 0.05) is 31.9 Å². The molecule has 1 atom stereocenters. The molecule has 4 heteroatoms. The van der Waals surface area contributed by atoms with Crippen molar-refractivity contribution in [3.63, 3.8) is 0 Å². The van der Waals surface area contributed by atoms with Crippen molar-refractivity contribution in [2.75, 3.05) is 25.4 Å². The average molecular weight is 222 g/mol. The van der Waals surface area contributed by atoms with Gasteiger partial charge in [-0.2, -0.15) is 0 Å². The van der Waals surface area contributed by atoms with Crippen LogP contribution in [0, 0.1) is 5.41 Å². The molecule has 1 saturated heterocycles. The van der Waals surface area contributed by atoms with E-state index >= 15 is 0 Å². The second-order valence-electron chi connectivity index (χ2n) is 5.98. The number of anilines is 1. The second-order valence-corrected chi connectivity index (χ2v) is 5.98. The Bertz CT molecular complexity index is 350. The normalized spacial score (nSPS) is 22.8. The molecule has 1 unspecified atom stereocenters. The summed E-state index contributed by atoms with van der Waals surface area (Å²) in [6, 6.07) is 0.548. The van der Waals surface area contributed by atoms with Gasteiger partial charge in [-0.1, -0.05) is 20.8 Å². The fraction of sp³-hybridized carbons (Fsp3) is 0.750. The fourth-order valence-corrected chi connectivity index (χ4v) is 2.42. The third kappa shape index (κ3) is 2.76. The van der Waals surface area contributed by atoms with Crippen LogP contribution in [-0.4, -0.2) is 34.1 Å². The van der Waals surface area contributed by atoms with Crippen LogP contribution < -0.4 is 5.73 Å². The summed E-state index contributed by atoms with van der Waals surface area (Å²) in [6.07, 6.45) is 4.98. The molecule has 90 valence electrons. The van der Waals surface area contributed by atoms with Crippen LogP contribution in [0.4, 0.5) is 5.82 Å². The van der Waals surface area contributed by atoms with Crippen molar-refractivity contribution in [1.29, 1.82) is 0 Å². The van der Waals surface area contributed by atoms with Gasteiger partial charge in [0.15, 0.2) is 0 Å². The van der Waals surface area contributed by atoms with E-state index in [1.165, 1.54) is 13.0 Å². The van der Waals surface area contributed by atoms with Crippen LogP contribution in [0.2, 0.25) is 0 Å². The number of nitrogens with two attached hydrogens (primary N) is 1. The second kappa shape index (κ2) is 4.09. The summed E-state index contributed by atoms with van der Waals surface area (Å²) in [5.74, 6) is 0.620. The highest BCUT2D eigenvalue weighted by Gasteiger charge is 2.26. The summed E-state index contributed by atoms with van der Waals surface area (Å²) in [5.41, 5.74) is 6.01. The molecule has 2 N–H and O–H groups in total. The molecule has 0 radical (unpaired) electrons. The number of rotatable bonds is 2. The third-order valence-electron chi connectivity index (χ3n) is 2.99. The van der Waals surface area contributed by atoms with Gasteiger partial charge < -0.3 is 15.2 Å². The lowest BCUT2D eigenvalue weighted by atomic mass is 9.96. The number of aromatic nitrogens is 2. The van der Waals surface area contributed by atoms with Crippen LogP contribution >= 0.6 is 0 Å². The Labute approximate surface area is 97.4 Å². The quantitative estimate of drug-likeness (QED) is 0.829. The zero-order valence-electron chi connectivity index (χ0n) is 10.5. The zero-order chi connectivity index (χ0) is 11.8. The van der Waals surface area contributed by atoms with E-state index in [1.807, 2.05) is 12.5 Å². The minimum atomic E-state index is 0.378. The van der Waals surface area contributed by atoms with Crippen molar-refractivity contribution >= 4 is 5.82 Å². The molecule has 2 heterocycles. The standard InChI is InChI=1S/C12H22N4/c1-12(2,3)8-15-5-4-10(6-15)16-7-11(13)14-9-16/h7,9-10H,4-6,8,13H2,1-3H3. The van der Waals surface area contributed by atoms with Crippen molar-refractivity contribution in [2.45, 2.75) is 33.2 Å². The van der Waals surface area contributed by atoms with Crippen LogP contribution in [-0.2, 0) is 0 Å². The van der Waals surface area contributed by atoms with Gasteiger partial charge in [-0.25, -0.2) is 4.98 Å². The summed E-state index contributed by atoms with van der Waals surface area (Å²) < 4.78 is 2.15. The van der Waals surface area contributed by atoms with Gasteiger partial charge in [-0.05, 0) is 11.8 Å². The van der Waals surface area contributed by atoms with E-state index in [2.05, 4.69) is 35.2 Å². The van der Waals surface area contributed by atoms with Crippen molar-refractivity contribution in [2.24, 2.45) is 5.41 Å². The van der Waals surface area contributed by atoms with E-state index < -0.39 is 0 Å². The van der Waals surface area contributed by atoms with Crippen LogP contribution in [0.25, 0.3) is 0 Å². The summed E-state index contributed by atoms with van der Waals surface area (Å²) in [4.78, 5) is 6.61. The number of nitrogens with zero attached hydrogens (tertiary/aromatic N) is 3. The van der Waals surface area contributed by atoms with Crippen LogP contribution in [0.1, 0.15) is 33.2 Å². The molecule has 0 saturated carbocycles. The molecular formula is C12H22N4. The number of hydrogen-bond donors (Lipinski definition) is 1. The first-order valence-corrected chi connectivity index (χ1v) is 5.95. The van der Waals surface area contributed by atoms with Crippen LogP contribution in [0.3, 0.4) is 0 Å². The monoisotopic (exact) mass is 222 g/mol. The number of hydrogen-bond acceptors (Lipinski definition) is 3. The lowest BCUT2D eigenvalue weighted by Gasteiger charge is -2.26. The van der Waals surface area contributed by atoms with E-state index in [9.17, 15) is 0 Å². The lowest BCUT2D eigenvalue weighted by Crippen LogP contribution is -2.31. The van der Waals surface area contributed by atoms with Gasteiger partial charge in [0.05, 0.1) is 6.33 Å². The summed E-state index contributed by atoms with van der Waals surface area (Å²) in [7, 11) is 0. The molecule has 1 aromatic rings. The predicted octanol–water partition coefficient (Wildman–Crippen LogP) is 1.76. The maximum Gasteiger partial charge on any atom is 0.141 e. The lowest BCUT2D eigenvalue weighted by molar-refractivity contribution is 0.221. The minimum Gasteiger partial charge on any atom is -0.382 e. The first-order valence-electron chi connectivity index (χ1n) is 5.95. The topological polar surface area (TPSA) is 47.1 Å². The van der Waals surface area contributed by atoms with E-state index in [0.29, 0.717) is 17.3 Å². The molecule has 1 aromatic heterocycles. The molecule has 0 aliphatic carbocycles. The van der Waals surface area contributed by atoms with E-state index in [1.54, 1.807) is 0 Å². The Hall–Kier alpha value is -1.03. The highest BCUT2D eigenvalue weighted by atomic mass is 15.2. The third-order valence-corrected chi connectivity index (χ3v) is 2.99. The van der Waals surface area contributed by atoms with Gasteiger partial charge in [-0.3, -0.25) is 0 Å². The average Bonchev–Trinajstić information content (AvgIpc) is 2.71. The minimum absolute atomic E-state index is 0.378. The number of imidazole rings is 1. The summed E-state index contributed by atoms with van der Waals surface area (Å²) in [6.45, 7) is 10.3. The molecule has 1 fully saturated rings. The van der Waals surface area contributed by atoms with Gasteiger partial charge in [0.1, 0.15) is 5.82 Å². The van der Waals surface area contributed by atoms with Gasteiger partial charge in [-0.15, -0.1) is 0 Å². The molecule has 4 nitrogen and oxygen atoms in total. The Balaban J connectivity index is 1.93. The molecule has 0 bridgehead atoms. The van der Waals surface area contributed by atoms with Gasteiger partial charge in [0.2, 0.25) is 0 Å². The van der Waals surface area contributed by atoms with Crippen LogP contribution in [0.5, 0.6) is 0 Å². The number of likely N-dealkylation sites (tertiary alicyclic amines) is 1. The molecule has 0 spiro atoms.